The van der Waals surface area contributed by atoms with Crippen molar-refractivity contribution in [3.63, 3.8) is 0 Å². The van der Waals surface area contributed by atoms with Crippen LogP contribution in [0.25, 0.3) is 0 Å². The molecule has 0 aliphatic carbocycles. The Labute approximate surface area is 109 Å². The lowest BCUT2D eigenvalue weighted by atomic mass is 10.2. The molecular formula is C14H22N2O2. The summed E-state index contributed by atoms with van der Waals surface area (Å²) in [6.07, 6.45) is 2.13. The third kappa shape index (κ3) is 3.62. The molecule has 1 aromatic rings. The minimum Gasteiger partial charge on any atom is -0.389 e. The summed E-state index contributed by atoms with van der Waals surface area (Å²) < 4.78 is 4.88. The fraction of sp³-hybridized carbons (Fsp3) is 0.571. The molecule has 1 aliphatic rings. The van der Waals surface area contributed by atoms with E-state index >= 15 is 0 Å². The maximum atomic E-state index is 9.54. The van der Waals surface area contributed by atoms with Crippen molar-refractivity contribution in [1.29, 1.82) is 0 Å². The van der Waals surface area contributed by atoms with Gasteiger partial charge in [0.15, 0.2) is 0 Å². The predicted octanol–water partition coefficient (Wildman–Crippen LogP) is 1.71. The highest BCUT2D eigenvalue weighted by Gasteiger charge is 2.11. The maximum absolute atomic E-state index is 9.54. The summed E-state index contributed by atoms with van der Waals surface area (Å²) >= 11 is 0. The van der Waals surface area contributed by atoms with Gasteiger partial charge in [-0.05, 0) is 37.1 Å². The van der Waals surface area contributed by atoms with E-state index in [0.717, 1.165) is 5.69 Å². The zero-order valence-electron chi connectivity index (χ0n) is 10.9. The van der Waals surface area contributed by atoms with Gasteiger partial charge in [-0.1, -0.05) is 0 Å². The SMILES string of the molecule is COCC(O)CNc1ccc(N2CCCC2)cc1. The minimum atomic E-state index is -0.465. The second-order valence-electron chi connectivity index (χ2n) is 4.73. The number of aliphatic hydroxyl groups is 1. The second-order valence-corrected chi connectivity index (χ2v) is 4.73. The van der Waals surface area contributed by atoms with Gasteiger partial charge >= 0.3 is 0 Å². The number of hydrogen-bond acceptors (Lipinski definition) is 4. The molecule has 18 heavy (non-hydrogen) atoms. The van der Waals surface area contributed by atoms with Crippen molar-refractivity contribution >= 4 is 11.4 Å². The highest BCUT2D eigenvalue weighted by atomic mass is 16.5. The summed E-state index contributed by atoms with van der Waals surface area (Å²) in [5, 5.41) is 12.7. The standard InChI is InChI=1S/C14H22N2O2/c1-18-11-14(17)10-15-12-4-6-13(7-5-12)16-8-2-3-9-16/h4-7,14-15,17H,2-3,8-11H2,1H3. The van der Waals surface area contributed by atoms with E-state index in [1.165, 1.54) is 31.6 Å². The average Bonchev–Trinajstić information content (AvgIpc) is 2.91. The Morgan fingerprint density at radius 3 is 2.56 bits per heavy atom. The van der Waals surface area contributed by atoms with Crippen molar-refractivity contribution in [3.8, 4) is 0 Å². The van der Waals surface area contributed by atoms with Crippen LogP contribution >= 0.6 is 0 Å². The van der Waals surface area contributed by atoms with E-state index in [9.17, 15) is 5.11 Å². The van der Waals surface area contributed by atoms with E-state index in [0.29, 0.717) is 13.2 Å². The molecule has 4 heteroatoms. The maximum Gasteiger partial charge on any atom is 0.0945 e. The van der Waals surface area contributed by atoms with Gasteiger partial charge in [0.1, 0.15) is 0 Å². The van der Waals surface area contributed by atoms with E-state index in [4.69, 9.17) is 4.74 Å². The van der Waals surface area contributed by atoms with Crippen LogP contribution < -0.4 is 10.2 Å². The average molecular weight is 250 g/mol. The first-order valence-corrected chi connectivity index (χ1v) is 6.55. The molecule has 4 nitrogen and oxygen atoms in total. The van der Waals surface area contributed by atoms with Gasteiger partial charge in [-0.25, -0.2) is 0 Å². The topological polar surface area (TPSA) is 44.7 Å². The van der Waals surface area contributed by atoms with Gasteiger partial charge in [0.05, 0.1) is 12.7 Å². The van der Waals surface area contributed by atoms with E-state index in [1.54, 1.807) is 7.11 Å². The van der Waals surface area contributed by atoms with Crippen LogP contribution in [-0.4, -0.2) is 44.6 Å². The highest BCUT2D eigenvalue weighted by molar-refractivity contribution is 5.55. The molecular weight excluding hydrogens is 228 g/mol. The zero-order chi connectivity index (χ0) is 12.8. The molecule has 0 spiro atoms. The molecule has 0 saturated carbocycles. The molecule has 1 fully saturated rings. The number of benzene rings is 1. The van der Waals surface area contributed by atoms with Crippen molar-refractivity contribution in [2.75, 3.05) is 43.6 Å². The fourth-order valence-corrected chi connectivity index (χ4v) is 2.25. The Hall–Kier alpha value is -1.26. The van der Waals surface area contributed by atoms with E-state index in [-0.39, 0.29) is 0 Å². The number of aliphatic hydroxyl groups excluding tert-OH is 1. The number of nitrogens with zero attached hydrogens (tertiary/aromatic N) is 1. The van der Waals surface area contributed by atoms with Crippen LogP contribution in [-0.2, 0) is 4.74 Å². The molecule has 2 rings (SSSR count). The third-order valence-electron chi connectivity index (χ3n) is 3.24. The Kier molecular flexibility index (Phi) is 4.84. The van der Waals surface area contributed by atoms with Crippen LogP contribution in [0.5, 0.6) is 0 Å². The lowest BCUT2D eigenvalue weighted by Crippen LogP contribution is -2.24. The normalized spacial score (nSPS) is 16.9. The number of rotatable bonds is 6. The molecule has 0 bridgehead atoms. The monoisotopic (exact) mass is 250 g/mol. The predicted molar refractivity (Wildman–Crippen MR) is 74.3 cm³/mol. The van der Waals surface area contributed by atoms with E-state index in [2.05, 4.69) is 34.5 Å². The number of hydrogen-bond donors (Lipinski definition) is 2. The Bertz CT molecular complexity index is 347. The Morgan fingerprint density at radius 2 is 1.94 bits per heavy atom. The summed E-state index contributed by atoms with van der Waals surface area (Å²) in [6.45, 7) is 3.20. The van der Waals surface area contributed by atoms with Crippen LogP contribution in [0.1, 0.15) is 12.8 Å². The summed E-state index contributed by atoms with van der Waals surface area (Å²) in [7, 11) is 1.59. The van der Waals surface area contributed by atoms with Crippen LogP contribution in [0.4, 0.5) is 11.4 Å². The van der Waals surface area contributed by atoms with Crippen LogP contribution in [0, 0.1) is 0 Å². The van der Waals surface area contributed by atoms with Gasteiger partial charge in [0.25, 0.3) is 0 Å². The number of ether oxygens (including phenoxy) is 1. The van der Waals surface area contributed by atoms with Gasteiger partial charge < -0.3 is 20.1 Å². The van der Waals surface area contributed by atoms with Gasteiger partial charge in [0, 0.05) is 38.1 Å². The number of anilines is 2. The molecule has 1 saturated heterocycles. The molecule has 2 N–H and O–H groups in total. The van der Waals surface area contributed by atoms with E-state index in [1.807, 2.05) is 0 Å². The molecule has 0 amide bonds. The van der Waals surface area contributed by atoms with E-state index < -0.39 is 6.10 Å². The van der Waals surface area contributed by atoms with Gasteiger partial charge in [0.2, 0.25) is 0 Å². The molecule has 1 unspecified atom stereocenters. The third-order valence-corrected chi connectivity index (χ3v) is 3.24. The zero-order valence-corrected chi connectivity index (χ0v) is 10.9. The molecule has 0 radical (unpaired) electrons. The molecule has 1 aromatic carbocycles. The Balaban J connectivity index is 1.83. The summed E-state index contributed by atoms with van der Waals surface area (Å²) in [5.41, 5.74) is 2.32. The van der Waals surface area contributed by atoms with Crippen molar-refractivity contribution in [1.82, 2.24) is 0 Å². The summed E-state index contributed by atoms with van der Waals surface area (Å²) in [6, 6.07) is 8.40. The first-order valence-electron chi connectivity index (χ1n) is 6.55. The van der Waals surface area contributed by atoms with Crippen molar-refractivity contribution in [3.05, 3.63) is 24.3 Å². The summed E-state index contributed by atoms with van der Waals surface area (Å²) in [5.74, 6) is 0. The highest BCUT2D eigenvalue weighted by Crippen LogP contribution is 2.21. The molecule has 1 heterocycles. The van der Waals surface area contributed by atoms with Gasteiger partial charge in [-0.3, -0.25) is 0 Å². The lowest BCUT2D eigenvalue weighted by Gasteiger charge is -2.18. The first kappa shape index (κ1) is 13.2. The Morgan fingerprint density at radius 1 is 1.28 bits per heavy atom. The summed E-state index contributed by atoms with van der Waals surface area (Å²) in [4.78, 5) is 2.41. The van der Waals surface area contributed by atoms with Crippen LogP contribution in [0.3, 0.4) is 0 Å². The molecule has 1 atom stereocenters. The lowest BCUT2D eigenvalue weighted by molar-refractivity contribution is 0.0727. The number of nitrogens with one attached hydrogen (secondary N) is 1. The molecule has 100 valence electrons. The molecule has 0 aromatic heterocycles. The van der Waals surface area contributed by atoms with Crippen LogP contribution in [0.2, 0.25) is 0 Å². The van der Waals surface area contributed by atoms with Crippen molar-refractivity contribution in [2.45, 2.75) is 18.9 Å². The smallest absolute Gasteiger partial charge is 0.0945 e. The van der Waals surface area contributed by atoms with Crippen molar-refractivity contribution < 1.29 is 9.84 Å². The second kappa shape index (κ2) is 6.61. The number of methoxy groups -OCH3 is 1. The largest absolute Gasteiger partial charge is 0.389 e. The van der Waals surface area contributed by atoms with Gasteiger partial charge in [-0.15, -0.1) is 0 Å². The quantitative estimate of drug-likeness (QED) is 0.806. The fourth-order valence-electron chi connectivity index (χ4n) is 2.25. The van der Waals surface area contributed by atoms with Crippen LogP contribution in [0.15, 0.2) is 24.3 Å². The minimum absolute atomic E-state index is 0.360. The van der Waals surface area contributed by atoms with Gasteiger partial charge in [-0.2, -0.15) is 0 Å². The molecule has 1 aliphatic heterocycles. The first-order chi connectivity index (χ1) is 8.79. The van der Waals surface area contributed by atoms with Crippen molar-refractivity contribution in [2.24, 2.45) is 0 Å².